The van der Waals surface area contributed by atoms with Gasteiger partial charge in [0.1, 0.15) is 29.6 Å². The van der Waals surface area contributed by atoms with E-state index in [1.807, 2.05) is 32.9 Å². The highest BCUT2D eigenvalue weighted by Crippen LogP contribution is 2.37. The van der Waals surface area contributed by atoms with Gasteiger partial charge in [0.05, 0.1) is 30.2 Å². The molecule has 2 fully saturated rings. The number of rotatable bonds is 9. The van der Waals surface area contributed by atoms with E-state index in [-0.39, 0.29) is 59.0 Å². The molecule has 5 heterocycles. The van der Waals surface area contributed by atoms with E-state index in [0.29, 0.717) is 34.2 Å². The summed E-state index contributed by atoms with van der Waals surface area (Å²) in [6.45, 7) is 15.3. The molecule has 0 spiro atoms. The molecular formula is C43H51FN8O6. The molecule has 4 aromatic rings. The number of aliphatic hydroxyl groups is 1. The van der Waals surface area contributed by atoms with Crippen LogP contribution in [-0.4, -0.2) is 94.4 Å². The Morgan fingerprint density at radius 2 is 1.86 bits per heavy atom. The minimum atomic E-state index is -0.709. The van der Waals surface area contributed by atoms with Crippen molar-refractivity contribution >= 4 is 40.5 Å². The molecule has 1 atom stereocenters. The summed E-state index contributed by atoms with van der Waals surface area (Å²) in [6, 6.07) is 10.9. The first kappa shape index (κ1) is 40.6. The van der Waals surface area contributed by atoms with Crippen molar-refractivity contribution < 1.29 is 28.6 Å². The fourth-order valence-electron chi connectivity index (χ4n) is 7.96. The summed E-state index contributed by atoms with van der Waals surface area (Å²) >= 11 is 0. The van der Waals surface area contributed by atoms with Crippen LogP contribution >= 0.6 is 0 Å². The van der Waals surface area contributed by atoms with E-state index >= 15 is 4.39 Å². The number of amides is 2. The van der Waals surface area contributed by atoms with Crippen molar-refractivity contribution in [2.75, 3.05) is 66.4 Å². The highest BCUT2D eigenvalue weighted by atomic mass is 19.1. The first-order chi connectivity index (χ1) is 27.8. The third kappa shape index (κ3) is 8.20. The molecule has 2 saturated heterocycles. The zero-order chi connectivity index (χ0) is 41.3. The maximum Gasteiger partial charge on any atom is 0.293 e. The summed E-state index contributed by atoms with van der Waals surface area (Å²) < 4.78 is 28.5. The van der Waals surface area contributed by atoms with Crippen LogP contribution in [0.5, 0.6) is 5.75 Å². The molecule has 2 aromatic carbocycles. The number of hydrogen-bond acceptors (Lipinski definition) is 11. The fraction of sp³-hybridized carbons (Fsp3) is 0.419. The van der Waals surface area contributed by atoms with Crippen molar-refractivity contribution in [3.05, 3.63) is 94.3 Å². The lowest BCUT2D eigenvalue weighted by Crippen LogP contribution is -2.56. The normalized spacial score (nSPS) is 18.0. The predicted molar refractivity (Wildman–Crippen MR) is 222 cm³/mol. The molecular weight excluding hydrogens is 744 g/mol. The lowest BCUT2D eigenvalue weighted by atomic mass is 9.86. The van der Waals surface area contributed by atoms with Crippen LogP contribution in [0.1, 0.15) is 62.0 Å². The Labute approximate surface area is 337 Å². The molecule has 0 aliphatic carbocycles. The topological polar surface area (TPSA) is 154 Å². The minimum Gasteiger partial charge on any atom is -0.491 e. The Kier molecular flexibility index (Phi) is 11.7. The van der Waals surface area contributed by atoms with Gasteiger partial charge in [0.25, 0.3) is 11.5 Å². The average molecular weight is 795 g/mol. The Hall–Kier alpha value is -5.64. The second kappa shape index (κ2) is 16.7. The van der Waals surface area contributed by atoms with Crippen LogP contribution < -0.4 is 30.7 Å². The third-order valence-electron chi connectivity index (χ3n) is 11.1. The van der Waals surface area contributed by atoms with E-state index in [9.17, 15) is 19.5 Å². The fourth-order valence-corrected chi connectivity index (χ4v) is 7.96. The highest BCUT2D eigenvalue weighted by molar-refractivity contribution is 6.08. The number of aromatic nitrogens is 3. The van der Waals surface area contributed by atoms with Crippen molar-refractivity contribution in [2.45, 2.75) is 64.6 Å². The van der Waals surface area contributed by atoms with Crippen LogP contribution in [0.3, 0.4) is 0 Å². The molecule has 15 heteroatoms. The number of benzene rings is 2. The zero-order valence-corrected chi connectivity index (χ0v) is 33.7. The van der Waals surface area contributed by atoms with Gasteiger partial charge in [-0.1, -0.05) is 27.4 Å². The summed E-state index contributed by atoms with van der Waals surface area (Å²) in [7, 11) is 1.58. The van der Waals surface area contributed by atoms with Crippen molar-refractivity contribution in [3.63, 3.8) is 0 Å². The highest BCUT2D eigenvalue weighted by Gasteiger charge is 2.34. The molecule has 1 unspecified atom stereocenters. The number of nitrogens with one attached hydrogen (secondary N) is 2. The van der Waals surface area contributed by atoms with Crippen LogP contribution in [0, 0.1) is 5.82 Å². The molecule has 2 aromatic heterocycles. The second-order valence-electron chi connectivity index (χ2n) is 16.0. The van der Waals surface area contributed by atoms with Crippen LogP contribution in [0.15, 0.2) is 66.2 Å². The number of nitrogens with zero attached hydrogens (tertiary/aromatic N) is 6. The second-order valence-corrected chi connectivity index (χ2v) is 16.0. The van der Waals surface area contributed by atoms with Crippen molar-refractivity contribution in [3.8, 4) is 17.0 Å². The average Bonchev–Trinajstić information content (AvgIpc) is 3.37. The number of fused-ring (bicyclic) bond motifs is 1. The zero-order valence-electron chi connectivity index (χ0n) is 33.7. The predicted octanol–water partition coefficient (Wildman–Crippen LogP) is 5.37. The molecule has 306 valence electrons. The van der Waals surface area contributed by atoms with Crippen LogP contribution in [0.25, 0.3) is 11.3 Å². The van der Waals surface area contributed by atoms with Crippen molar-refractivity contribution in [1.29, 1.82) is 0 Å². The van der Waals surface area contributed by atoms with Gasteiger partial charge in [0, 0.05) is 81.2 Å². The largest absolute Gasteiger partial charge is 0.491 e. The molecule has 58 heavy (non-hydrogen) atoms. The van der Waals surface area contributed by atoms with E-state index in [1.165, 1.54) is 34.0 Å². The Bertz CT molecular complexity index is 2280. The number of aliphatic hydroxyl groups excluding tert-OH is 1. The number of hydrogen-bond donors (Lipinski definition) is 3. The summed E-state index contributed by atoms with van der Waals surface area (Å²) in [5, 5.41) is 16.9. The summed E-state index contributed by atoms with van der Waals surface area (Å²) in [5.74, 6) is -1.48. The molecule has 0 bridgehead atoms. The number of halogens is 1. The Balaban J connectivity index is 1.19. The SMILES string of the molecule is C=CC(=O)Nc1cc(Nc2nc(-c3ccnc(N4CCOc5cc(C(C)(C)C)cc(F)c5C4=O)c3CO)cn(C)c2=O)ccc1N1CCN(C2CCOCC2)CC1C. The molecule has 7 rings (SSSR count). The molecule has 3 aliphatic rings. The minimum absolute atomic E-state index is 0.0145. The Morgan fingerprint density at radius 3 is 2.57 bits per heavy atom. The molecule has 3 N–H and O–H groups in total. The molecule has 2 amide bonds. The van der Waals surface area contributed by atoms with Gasteiger partial charge >= 0.3 is 0 Å². The smallest absolute Gasteiger partial charge is 0.293 e. The van der Waals surface area contributed by atoms with E-state index in [1.54, 1.807) is 25.2 Å². The monoisotopic (exact) mass is 794 g/mol. The number of anilines is 5. The van der Waals surface area contributed by atoms with E-state index in [0.717, 1.165) is 51.4 Å². The number of pyridine rings is 1. The molecule has 0 saturated carbocycles. The van der Waals surface area contributed by atoms with Gasteiger partial charge in [-0.15, -0.1) is 0 Å². The van der Waals surface area contributed by atoms with Gasteiger partial charge in [-0.2, -0.15) is 0 Å². The summed E-state index contributed by atoms with van der Waals surface area (Å²) in [6.07, 6.45) is 6.26. The van der Waals surface area contributed by atoms with Crippen LogP contribution in [-0.2, 0) is 28.6 Å². The van der Waals surface area contributed by atoms with Gasteiger partial charge in [-0.25, -0.2) is 14.4 Å². The standard InChI is InChI=1S/C43H51FN8O6/c1-7-37(54)47-33-22-28(8-9-35(33)51-15-14-50(23-26(51)2)29-11-17-57-18-12-29)46-39-42(56)49(6)24-34(48-39)30-10-13-45-40(31(30)25-53)52-16-19-58-36-21-27(43(3,4)5)20-32(44)38(36)41(52)55/h7-10,13,20-22,24,26,29,53H,1,11-12,14-19,23,25H2,2-6H3,(H,46,48)(H,47,54). The molecule has 0 radical (unpaired) electrons. The van der Waals surface area contributed by atoms with Gasteiger partial charge in [-0.05, 0) is 73.2 Å². The lowest BCUT2D eigenvalue weighted by Gasteiger charge is -2.45. The molecule has 3 aliphatic heterocycles. The number of carbonyl (C=O) groups is 2. The summed E-state index contributed by atoms with van der Waals surface area (Å²) in [5.41, 5.74) is 2.55. The number of piperazine rings is 1. The quantitative estimate of drug-likeness (QED) is 0.188. The Morgan fingerprint density at radius 1 is 1.09 bits per heavy atom. The van der Waals surface area contributed by atoms with Crippen LogP contribution in [0.4, 0.5) is 33.1 Å². The van der Waals surface area contributed by atoms with Crippen molar-refractivity contribution in [1.82, 2.24) is 19.4 Å². The van der Waals surface area contributed by atoms with Gasteiger partial charge < -0.3 is 34.7 Å². The third-order valence-corrected chi connectivity index (χ3v) is 11.1. The maximum atomic E-state index is 15.7. The lowest BCUT2D eigenvalue weighted by molar-refractivity contribution is -0.111. The van der Waals surface area contributed by atoms with Crippen LogP contribution in [0.2, 0.25) is 0 Å². The number of aryl methyl sites for hydroxylation is 1. The van der Waals surface area contributed by atoms with E-state index in [2.05, 4.69) is 38.9 Å². The molecule has 14 nitrogen and oxygen atoms in total. The van der Waals surface area contributed by atoms with Gasteiger partial charge in [-0.3, -0.25) is 24.2 Å². The first-order valence-corrected chi connectivity index (χ1v) is 19.7. The maximum absolute atomic E-state index is 15.7. The number of carbonyl (C=O) groups excluding carboxylic acids is 2. The number of ether oxygens (including phenoxy) is 2. The van der Waals surface area contributed by atoms with E-state index in [4.69, 9.17) is 14.5 Å². The van der Waals surface area contributed by atoms with Gasteiger partial charge in [0.15, 0.2) is 5.82 Å². The van der Waals surface area contributed by atoms with E-state index < -0.39 is 23.9 Å². The van der Waals surface area contributed by atoms with Gasteiger partial charge in [0.2, 0.25) is 5.91 Å². The van der Waals surface area contributed by atoms with Crippen molar-refractivity contribution in [2.24, 2.45) is 7.05 Å². The first-order valence-electron chi connectivity index (χ1n) is 19.7. The summed E-state index contributed by atoms with van der Waals surface area (Å²) in [4.78, 5) is 55.5.